The van der Waals surface area contributed by atoms with Gasteiger partial charge in [-0.05, 0) is 56.9 Å². The van der Waals surface area contributed by atoms with Crippen LogP contribution in [-0.4, -0.2) is 30.6 Å². The summed E-state index contributed by atoms with van der Waals surface area (Å²) >= 11 is 3.62. The second kappa shape index (κ2) is 8.03. The van der Waals surface area contributed by atoms with E-state index in [1.807, 2.05) is 0 Å². The van der Waals surface area contributed by atoms with Gasteiger partial charge in [-0.3, -0.25) is 0 Å². The molecule has 106 valence electrons. The molecule has 1 unspecified atom stereocenters. The van der Waals surface area contributed by atoms with Crippen LogP contribution >= 0.6 is 15.9 Å². The van der Waals surface area contributed by atoms with Crippen LogP contribution in [0.3, 0.4) is 0 Å². The first-order valence-electron chi connectivity index (χ1n) is 7.48. The number of hydrogen-bond acceptors (Lipinski definition) is 2. The standard InChI is InChI=1S/C16H25BrN2/c1-2-10-19-11-5-7-15(9-12-19)18-13-14-6-3-4-8-16(14)17/h3-4,6,8,15,18H,2,5,7,9-13H2,1H3. The van der Waals surface area contributed by atoms with E-state index in [1.165, 1.54) is 55.4 Å². The molecule has 2 rings (SSSR count). The number of hydrogen-bond donors (Lipinski definition) is 1. The molecule has 0 radical (unpaired) electrons. The summed E-state index contributed by atoms with van der Waals surface area (Å²) in [7, 11) is 0. The van der Waals surface area contributed by atoms with Gasteiger partial charge in [0.2, 0.25) is 0 Å². The Balaban J connectivity index is 1.79. The van der Waals surface area contributed by atoms with Gasteiger partial charge in [0.05, 0.1) is 0 Å². The van der Waals surface area contributed by atoms with Crippen LogP contribution in [0.25, 0.3) is 0 Å². The topological polar surface area (TPSA) is 15.3 Å². The second-order valence-corrected chi connectivity index (χ2v) is 6.30. The SMILES string of the molecule is CCCN1CCCC(NCc2ccccc2Br)CC1. The van der Waals surface area contributed by atoms with Crippen molar-refractivity contribution in [3.8, 4) is 0 Å². The predicted molar refractivity (Wildman–Crippen MR) is 85.4 cm³/mol. The van der Waals surface area contributed by atoms with Crippen molar-refractivity contribution >= 4 is 15.9 Å². The monoisotopic (exact) mass is 324 g/mol. The summed E-state index contributed by atoms with van der Waals surface area (Å²) in [6.07, 6.45) is 5.19. The zero-order chi connectivity index (χ0) is 13.5. The van der Waals surface area contributed by atoms with Crippen LogP contribution in [0.1, 0.15) is 38.2 Å². The van der Waals surface area contributed by atoms with E-state index >= 15 is 0 Å². The van der Waals surface area contributed by atoms with E-state index in [4.69, 9.17) is 0 Å². The first kappa shape index (κ1) is 15.0. The maximum Gasteiger partial charge on any atom is 0.0220 e. The molecule has 1 N–H and O–H groups in total. The third kappa shape index (κ3) is 4.90. The van der Waals surface area contributed by atoms with Crippen molar-refractivity contribution in [1.29, 1.82) is 0 Å². The zero-order valence-corrected chi connectivity index (χ0v) is 13.5. The van der Waals surface area contributed by atoms with Crippen LogP contribution in [0.5, 0.6) is 0 Å². The molecule has 1 fully saturated rings. The normalized spacial score (nSPS) is 21.3. The van der Waals surface area contributed by atoms with Gasteiger partial charge in [0.25, 0.3) is 0 Å². The summed E-state index contributed by atoms with van der Waals surface area (Å²) in [4.78, 5) is 2.61. The van der Waals surface area contributed by atoms with Gasteiger partial charge in [-0.15, -0.1) is 0 Å². The van der Waals surface area contributed by atoms with Gasteiger partial charge in [-0.2, -0.15) is 0 Å². The predicted octanol–water partition coefficient (Wildman–Crippen LogP) is 3.80. The Morgan fingerprint density at radius 1 is 1.26 bits per heavy atom. The molecule has 19 heavy (non-hydrogen) atoms. The summed E-state index contributed by atoms with van der Waals surface area (Å²) < 4.78 is 1.21. The molecule has 1 atom stereocenters. The van der Waals surface area contributed by atoms with Gasteiger partial charge >= 0.3 is 0 Å². The lowest BCUT2D eigenvalue weighted by molar-refractivity contribution is 0.282. The van der Waals surface area contributed by atoms with Crippen LogP contribution in [0, 0.1) is 0 Å². The Hall–Kier alpha value is -0.380. The summed E-state index contributed by atoms with van der Waals surface area (Å²) in [6, 6.07) is 9.17. The van der Waals surface area contributed by atoms with Gasteiger partial charge in [-0.1, -0.05) is 41.1 Å². The molecule has 0 spiro atoms. The van der Waals surface area contributed by atoms with Gasteiger partial charge in [0.15, 0.2) is 0 Å². The quantitative estimate of drug-likeness (QED) is 0.886. The van der Waals surface area contributed by atoms with Gasteiger partial charge in [-0.25, -0.2) is 0 Å². The van der Waals surface area contributed by atoms with Crippen LogP contribution in [-0.2, 0) is 6.54 Å². The number of nitrogens with zero attached hydrogens (tertiary/aromatic N) is 1. The molecule has 0 aromatic heterocycles. The fraction of sp³-hybridized carbons (Fsp3) is 0.625. The molecule has 0 saturated carbocycles. The van der Waals surface area contributed by atoms with Gasteiger partial charge in [0, 0.05) is 17.1 Å². The largest absolute Gasteiger partial charge is 0.310 e. The molecule has 1 saturated heterocycles. The molecule has 1 aromatic rings. The zero-order valence-electron chi connectivity index (χ0n) is 11.9. The summed E-state index contributed by atoms with van der Waals surface area (Å²) in [6.45, 7) is 7.03. The summed E-state index contributed by atoms with van der Waals surface area (Å²) in [5, 5.41) is 3.72. The number of rotatable bonds is 5. The van der Waals surface area contributed by atoms with E-state index in [0.717, 1.165) is 6.54 Å². The minimum atomic E-state index is 0.675. The van der Waals surface area contributed by atoms with Crippen LogP contribution in [0.4, 0.5) is 0 Å². The molecular weight excluding hydrogens is 300 g/mol. The molecular formula is C16H25BrN2. The van der Waals surface area contributed by atoms with E-state index in [2.05, 4.69) is 57.3 Å². The number of likely N-dealkylation sites (tertiary alicyclic amines) is 1. The molecule has 0 bridgehead atoms. The molecule has 0 amide bonds. The maximum atomic E-state index is 3.72. The highest BCUT2D eigenvalue weighted by molar-refractivity contribution is 9.10. The van der Waals surface area contributed by atoms with E-state index < -0.39 is 0 Å². The Morgan fingerprint density at radius 3 is 2.89 bits per heavy atom. The third-order valence-corrected chi connectivity index (χ3v) is 4.67. The fourth-order valence-electron chi connectivity index (χ4n) is 2.80. The van der Waals surface area contributed by atoms with Crippen LogP contribution in [0.15, 0.2) is 28.7 Å². The van der Waals surface area contributed by atoms with Gasteiger partial charge < -0.3 is 10.2 Å². The van der Waals surface area contributed by atoms with Crippen molar-refractivity contribution in [3.63, 3.8) is 0 Å². The third-order valence-electron chi connectivity index (χ3n) is 3.90. The molecule has 1 aliphatic heterocycles. The number of halogens is 1. The lowest BCUT2D eigenvalue weighted by atomic mass is 10.1. The fourth-order valence-corrected chi connectivity index (χ4v) is 3.22. The van der Waals surface area contributed by atoms with Crippen molar-refractivity contribution in [3.05, 3.63) is 34.3 Å². The second-order valence-electron chi connectivity index (χ2n) is 5.44. The van der Waals surface area contributed by atoms with Crippen LogP contribution in [0.2, 0.25) is 0 Å². The molecule has 1 aliphatic rings. The lowest BCUT2D eigenvalue weighted by Crippen LogP contribution is -2.31. The molecule has 2 nitrogen and oxygen atoms in total. The minimum Gasteiger partial charge on any atom is -0.310 e. The van der Waals surface area contributed by atoms with Crippen molar-refractivity contribution < 1.29 is 0 Å². The minimum absolute atomic E-state index is 0.675. The van der Waals surface area contributed by atoms with Crippen molar-refractivity contribution in [2.24, 2.45) is 0 Å². The Morgan fingerprint density at radius 2 is 2.11 bits per heavy atom. The molecule has 1 aromatic carbocycles. The highest BCUT2D eigenvalue weighted by atomic mass is 79.9. The van der Waals surface area contributed by atoms with Crippen LogP contribution < -0.4 is 5.32 Å². The Bertz CT molecular complexity index is 381. The number of benzene rings is 1. The summed E-state index contributed by atoms with van der Waals surface area (Å²) in [5.41, 5.74) is 1.36. The average Bonchev–Trinajstić information content (AvgIpc) is 2.64. The first-order chi connectivity index (χ1) is 9.29. The average molecular weight is 325 g/mol. The van der Waals surface area contributed by atoms with Gasteiger partial charge in [0.1, 0.15) is 0 Å². The first-order valence-corrected chi connectivity index (χ1v) is 8.28. The lowest BCUT2D eigenvalue weighted by Gasteiger charge is -2.19. The van der Waals surface area contributed by atoms with Crippen molar-refractivity contribution in [2.75, 3.05) is 19.6 Å². The maximum absolute atomic E-state index is 3.72. The smallest absolute Gasteiger partial charge is 0.0220 e. The number of nitrogens with one attached hydrogen (secondary N) is 1. The van der Waals surface area contributed by atoms with Crippen molar-refractivity contribution in [1.82, 2.24) is 10.2 Å². The molecule has 0 aliphatic carbocycles. The van der Waals surface area contributed by atoms with E-state index in [9.17, 15) is 0 Å². The highest BCUT2D eigenvalue weighted by Crippen LogP contribution is 2.17. The Kier molecular flexibility index (Phi) is 6.35. The van der Waals surface area contributed by atoms with E-state index in [0.29, 0.717) is 6.04 Å². The highest BCUT2D eigenvalue weighted by Gasteiger charge is 2.16. The summed E-state index contributed by atoms with van der Waals surface area (Å²) in [5.74, 6) is 0. The Labute approximate surface area is 125 Å². The van der Waals surface area contributed by atoms with Crippen molar-refractivity contribution in [2.45, 2.75) is 45.2 Å². The molecule has 3 heteroatoms. The molecule has 1 heterocycles. The van der Waals surface area contributed by atoms with E-state index in [1.54, 1.807) is 0 Å². The van der Waals surface area contributed by atoms with E-state index in [-0.39, 0.29) is 0 Å².